The van der Waals surface area contributed by atoms with Crippen LogP contribution in [-0.4, -0.2) is 38.3 Å². The van der Waals surface area contributed by atoms with E-state index in [1.54, 1.807) is 26.4 Å². The van der Waals surface area contributed by atoms with Gasteiger partial charge < -0.3 is 19.5 Å². The van der Waals surface area contributed by atoms with Crippen LogP contribution in [0, 0.1) is 5.82 Å². The normalized spacial score (nSPS) is 15.3. The van der Waals surface area contributed by atoms with E-state index in [9.17, 15) is 9.18 Å². The maximum Gasteiger partial charge on any atom is 0.236 e. The van der Waals surface area contributed by atoms with Crippen molar-refractivity contribution in [3.8, 4) is 22.8 Å². The summed E-state index contributed by atoms with van der Waals surface area (Å²) in [4.78, 5) is 18.0. The van der Waals surface area contributed by atoms with E-state index in [0.717, 1.165) is 16.8 Å². The van der Waals surface area contributed by atoms with Gasteiger partial charge in [0.05, 0.1) is 25.3 Å². The van der Waals surface area contributed by atoms with Crippen molar-refractivity contribution in [3.63, 3.8) is 0 Å². The monoisotopic (exact) mass is 442 g/mol. The molecule has 162 valence electrons. The largest absolute Gasteiger partial charge is 0.493 e. The summed E-state index contributed by atoms with van der Waals surface area (Å²) < 4.78 is 29.6. The minimum atomic E-state index is -0.777. The topological polar surface area (TPSA) is 69.7 Å². The molecule has 0 spiro atoms. The second-order valence-corrected chi connectivity index (χ2v) is 8.12. The molecule has 0 bridgehead atoms. The van der Waals surface area contributed by atoms with Gasteiger partial charge in [-0.2, -0.15) is 0 Å². The Balaban J connectivity index is 1.58. The first kappa shape index (κ1) is 21.3. The van der Waals surface area contributed by atoms with Gasteiger partial charge in [0.2, 0.25) is 5.91 Å². The number of amides is 1. The Labute approximate surface area is 184 Å². The summed E-state index contributed by atoms with van der Waals surface area (Å²) in [7, 11) is 3.17. The number of rotatable bonds is 6. The number of carbonyl (C=O) groups is 1. The van der Waals surface area contributed by atoms with Crippen LogP contribution in [0.2, 0.25) is 0 Å². The van der Waals surface area contributed by atoms with E-state index >= 15 is 0 Å². The van der Waals surface area contributed by atoms with Crippen LogP contribution in [0.4, 0.5) is 9.52 Å². The van der Waals surface area contributed by atoms with Gasteiger partial charge in [0.15, 0.2) is 16.6 Å². The molecule has 6 nitrogen and oxygen atoms in total. The molecule has 1 aliphatic rings. The van der Waals surface area contributed by atoms with Crippen molar-refractivity contribution in [2.75, 3.05) is 32.8 Å². The fourth-order valence-corrected chi connectivity index (χ4v) is 4.53. The van der Waals surface area contributed by atoms with E-state index in [0.29, 0.717) is 42.7 Å². The molecule has 0 atom stereocenters. The Bertz CT molecular complexity index is 1060. The molecule has 1 N–H and O–H groups in total. The number of hydrogen-bond donors (Lipinski definition) is 1. The van der Waals surface area contributed by atoms with Crippen LogP contribution in [0.3, 0.4) is 0 Å². The molecule has 2 heterocycles. The smallest absolute Gasteiger partial charge is 0.236 e. The lowest BCUT2D eigenvalue weighted by molar-refractivity contribution is -0.125. The zero-order chi connectivity index (χ0) is 21.8. The maximum absolute atomic E-state index is 13.4. The molecular formula is C23H23FN2O4S. The van der Waals surface area contributed by atoms with Crippen molar-refractivity contribution in [3.05, 3.63) is 59.2 Å². The van der Waals surface area contributed by atoms with Crippen molar-refractivity contribution in [1.29, 1.82) is 0 Å². The lowest BCUT2D eigenvalue weighted by Crippen LogP contribution is -2.44. The van der Waals surface area contributed by atoms with Gasteiger partial charge in [-0.25, -0.2) is 9.37 Å². The Morgan fingerprint density at radius 1 is 1.10 bits per heavy atom. The van der Waals surface area contributed by atoms with Gasteiger partial charge in [0.25, 0.3) is 0 Å². The Morgan fingerprint density at radius 2 is 1.81 bits per heavy atom. The summed E-state index contributed by atoms with van der Waals surface area (Å²) in [6.07, 6.45) is 1.05. The van der Waals surface area contributed by atoms with Crippen LogP contribution in [0.25, 0.3) is 11.3 Å². The highest BCUT2D eigenvalue weighted by atomic mass is 32.1. The van der Waals surface area contributed by atoms with Crippen molar-refractivity contribution < 1.29 is 23.4 Å². The Hall–Kier alpha value is -2.97. The zero-order valence-corrected chi connectivity index (χ0v) is 18.1. The van der Waals surface area contributed by atoms with Crippen LogP contribution in [0.15, 0.2) is 47.8 Å². The van der Waals surface area contributed by atoms with E-state index in [-0.39, 0.29) is 11.7 Å². The molecule has 31 heavy (non-hydrogen) atoms. The first-order chi connectivity index (χ1) is 15.1. The van der Waals surface area contributed by atoms with Crippen molar-refractivity contribution >= 4 is 22.4 Å². The number of methoxy groups -OCH3 is 2. The molecular weight excluding hydrogens is 419 g/mol. The third kappa shape index (κ3) is 4.26. The first-order valence-electron chi connectivity index (χ1n) is 9.89. The minimum absolute atomic E-state index is 0.157. The molecule has 1 aliphatic heterocycles. The number of anilines is 1. The summed E-state index contributed by atoms with van der Waals surface area (Å²) in [5.41, 5.74) is 1.59. The quantitative estimate of drug-likeness (QED) is 0.602. The number of nitrogens with one attached hydrogen (secondary N) is 1. The fourth-order valence-electron chi connectivity index (χ4n) is 3.81. The SMILES string of the molecule is COc1ccc(-c2csc(NC(=O)C3(c4ccc(F)cc4)CCOCC3)n2)cc1OC. The molecule has 8 heteroatoms. The second-order valence-electron chi connectivity index (χ2n) is 7.26. The van der Waals surface area contributed by atoms with E-state index in [1.165, 1.54) is 23.5 Å². The van der Waals surface area contributed by atoms with Crippen LogP contribution < -0.4 is 14.8 Å². The van der Waals surface area contributed by atoms with Gasteiger partial charge in [-0.05, 0) is 48.7 Å². The number of carbonyl (C=O) groups excluding carboxylic acids is 1. The molecule has 1 aromatic heterocycles. The number of halogens is 1. The third-order valence-corrected chi connectivity index (χ3v) is 6.34. The summed E-state index contributed by atoms with van der Waals surface area (Å²) in [5, 5.41) is 5.35. The Kier molecular flexibility index (Phi) is 6.20. The minimum Gasteiger partial charge on any atom is -0.493 e. The second kappa shape index (κ2) is 9.03. The molecule has 1 fully saturated rings. The molecule has 0 radical (unpaired) electrons. The molecule has 2 aromatic carbocycles. The highest BCUT2D eigenvalue weighted by molar-refractivity contribution is 7.14. The molecule has 4 rings (SSSR count). The van der Waals surface area contributed by atoms with Crippen LogP contribution in [0.1, 0.15) is 18.4 Å². The van der Waals surface area contributed by atoms with E-state index in [2.05, 4.69) is 10.3 Å². The number of ether oxygens (including phenoxy) is 3. The van der Waals surface area contributed by atoms with Crippen LogP contribution >= 0.6 is 11.3 Å². The van der Waals surface area contributed by atoms with Crippen LogP contribution in [0.5, 0.6) is 11.5 Å². The van der Waals surface area contributed by atoms with Crippen molar-refractivity contribution in [2.24, 2.45) is 0 Å². The standard InChI is InChI=1S/C23H23FN2O4S/c1-28-19-8-3-15(13-20(19)29-2)18-14-31-22(25-18)26-21(27)23(9-11-30-12-10-23)16-4-6-17(24)7-5-16/h3-8,13-14H,9-12H2,1-2H3,(H,25,26,27). The van der Waals surface area contributed by atoms with E-state index < -0.39 is 5.41 Å². The fraction of sp³-hybridized carbons (Fsp3) is 0.304. The van der Waals surface area contributed by atoms with E-state index in [4.69, 9.17) is 14.2 Å². The van der Waals surface area contributed by atoms with Gasteiger partial charge >= 0.3 is 0 Å². The van der Waals surface area contributed by atoms with Gasteiger partial charge in [-0.3, -0.25) is 4.79 Å². The maximum atomic E-state index is 13.4. The molecule has 1 saturated heterocycles. The molecule has 0 unspecified atom stereocenters. The average Bonchev–Trinajstić information content (AvgIpc) is 3.28. The lowest BCUT2D eigenvalue weighted by Gasteiger charge is -2.36. The zero-order valence-electron chi connectivity index (χ0n) is 17.3. The molecule has 0 aliphatic carbocycles. The summed E-state index contributed by atoms with van der Waals surface area (Å²) in [6.45, 7) is 0.944. The number of benzene rings is 2. The van der Waals surface area contributed by atoms with Gasteiger partial charge in [0.1, 0.15) is 5.82 Å². The number of thiazole rings is 1. The van der Waals surface area contributed by atoms with Gasteiger partial charge in [-0.1, -0.05) is 12.1 Å². The molecule has 0 saturated carbocycles. The predicted molar refractivity (Wildman–Crippen MR) is 117 cm³/mol. The van der Waals surface area contributed by atoms with Crippen LogP contribution in [-0.2, 0) is 14.9 Å². The summed E-state index contributed by atoms with van der Waals surface area (Å²) in [6, 6.07) is 11.7. The van der Waals surface area contributed by atoms with Gasteiger partial charge in [-0.15, -0.1) is 11.3 Å². The highest BCUT2D eigenvalue weighted by Crippen LogP contribution is 2.38. The highest BCUT2D eigenvalue weighted by Gasteiger charge is 2.42. The Morgan fingerprint density at radius 3 is 2.48 bits per heavy atom. The predicted octanol–water partition coefficient (Wildman–Crippen LogP) is 4.65. The van der Waals surface area contributed by atoms with Crippen molar-refractivity contribution in [1.82, 2.24) is 4.98 Å². The number of aromatic nitrogens is 1. The molecule has 1 amide bonds. The summed E-state index contributed by atoms with van der Waals surface area (Å²) in [5.74, 6) is 0.758. The lowest BCUT2D eigenvalue weighted by atomic mass is 9.73. The number of nitrogens with zero attached hydrogens (tertiary/aromatic N) is 1. The summed E-state index contributed by atoms with van der Waals surface area (Å²) >= 11 is 1.35. The third-order valence-electron chi connectivity index (χ3n) is 5.58. The van der Waals surface area contributed by atoms with Gasteiger partial charge in [0, 0.05) is 24.2 Å². The van der Waals surface area contributed by atoms with Crippen molar-refractivity contribution in [2.45, 2.75) is 18.3 Å². The van der Waals surface area contributed by atoms with E-state index in [1.807, 2.05) is 23.6 Å². The average molecular weight is 443 g/mol. The first-order valence-corrected chi connectivity index (χ1v) is 10.8. The molecule has 3 aromatic rings. The number of hydrogen-bond acceptors (Lipinski definition) is 6.